The van der Waals surface area contributed by atoms with Crippen molar-refractivity contribution in [3.63, 3.8) is 0 Å². The standard InChI is InChI=1S/C11H20N2OS/c1-4-14-7-9(2)12-6-5-11-8-15-10(3)13-11/h8-9,12H,4-7H2,1-3H3. The van der Waals surface area contributed by atoms with Crippen LogP contribution in [0.2, 0.25) is 0 Å². The van der Waals surface area contributed by atoms with Crippen LogP contribution in [0, 0.1) is 6.92 Å². The Morgan fingerprint density at radius 1 is 1.60 bits per heavy atom. The van der Waals surface area contributed by atoms with E-state index in [-0.39, 0.29) is 0 Å². The lowest BCUT2D eigenvalue weighted by atomic mass is 10.3. The molecule has 1 aromatic heterocycles. The number of thiazole rings is 1. The van der Waals surface area contributed by atoms with Crippen molar-refractivity contribution in [3.05, 3.63) is 16.1 Å². The molecule has 0 aliphatic carbocycles. The Hall–Kier alpha value is -0.450. The Morgan fingerprint density at radius 2 is 2.40 bits per heavy atom. The molecule has 0 saturated heterocycles. The fraction of sp³-hybridized carbons (Fsp3) is 0.727. The molecule has 1 heterocycles. The maximum absolute atomic E-state index is 5.33. The van der Waals surface area contributed by atoms with Gasteiger partial charge in [-0.25, -0.2) is 4.98 Å². The van der Waals surface area contributed by atoms with E-state index in [2.05, 4.69) is 22.6 Å². The second-order valence-electron chi connectivity index (χ2n) is 3.62. The van der Waals surface area contributed by atoms with Gasteiger partial charge in [-0.05, 0) is 20.8 Å². The van der Waals surface area contributed by atoms with Crippen LogP contribution in [-0.2, 0) is 11.2 Å². The Balaban J connectivity index is 2.10. The third kappa shape index (κ3) is 5.25. The van der Waals surface area contributed by atoms with Crippen LogP contribution in [0.3, 0.4) is 0 Å². The highest BCUT2D eigenvalue weighted by atomic mass is 32.1. The number of rotatable bonds is 7. The molecule has 1 N–H and O–H groups in total. The molecular weight excluding hydrogens is 208 g/mol. The highest BCUT2D eigenvalue weighted by Crippen LogP contribution is 2.07. The molecule has 0 aromatic carbocycles. The Kier molecular flexibility index (Phi) is 5.83. The van der Waals surface area contributed by atoms with E-state index in [4.69, 9.17) is 4.74 Å². The van der Waals surface area contributed by atoms with Crippen molar-refractivity contribution < 1.29 is 4.74 Å². The summed E-state index contributed by atoms with van der Waals surface area (Å²) in [5, 5.41) is 6.69. The van der Waals surface area contributed by atoms with Crippen molar-refractivity contribution >= 4 is 11.3 Å². The largest absolute Gasteiger partial charge is 0.380 e. The Morgan fingerprint density at radius 3 is 3.00 bits per heavy atom. The van der Waals surface area contributed by atoms with Gasteiger partial charge in [0, 0.05) is 31.0 Å². The molecule has 1 rings (SSSR count). The summed E-state index contributed by atoms with van der Waals surface area (Å²) in [6, 6.07) is 0.421. The molecule has 86 valence electrons. The van der Waals surface area contributed by atoms with Crippen molar-refractivity contribution in [3.8, 4) is 0 Å². The van der Waals surface area contributed by atoms with Crippen molar-refractivity contribution in [2.45, 2.75) is 33.2 Å². The van der Waals surface area contributed by atoms with Gasteiger partial charge >= 0.3 is 0 Å². The van der Waals surface area contributed by atoms with Crippen LogP contribution in [0.15, 0.2) is 5.38 Å². The van der Waals surface area contributed by atoms with Gasteiger partial charge in [0.1, 0.15) is 0 Å². The van der Waals surface area contributed by atoms with E-state index in [1.54, 1.807) is 11.3 Å². The molecule has 0 saturated carbocycles. The fourth-order valence-electron chi connectivity index (χ4n) is 1.32. The van der Waals surface area contributed by atoms with Gasteiger partial charge in [-0.3, -0.25) is 0 Å². The van der Waals surface area contributed by atoms with Crippen molar-refractivity contribution in [2.75, 3.05) is 19.8 Å². The number of aromatic nitrogens is 1. The summed E-state index contributed by atoms with van der Waals surface area (Å²) in [7, 11) is 0. The maximum atomic E-state index is 5.33. The smallest absolute Gasteiger partial charge is 0.0897 e. The molecule has 3 nitrogen and oxygen atoms in total. The monoisotopic (exact) mass is 228 g/mol. The van der Waals surface area contributed by atoms with Gasteiger partial charge in [0.15, 0.2) is 0 Å². The lowest BCUT2D eigenvalue weighted by Gasteiger charge is -2.12. The van der Waals surface area contributed by atoms with Crippen molar-refractivity contribution in [2.24, 2.45) is 0 Å². The lowest BCUT2D eigenvalue weighted by Crippen LogP contribution is -2.32. The molecule has 1 atom stereocenters. The van der Waals surface area contributed by atoms with Crippen LogP contribution in [0.25, 0.3) is 0 Å². The quantitative estimate of drug-likeness (QED) is 0.775. The first-order valence-corrected chi connectivity index (χ1v) is 6.32. The highest BCUT2D eigenvalue weighted by Gasteiger charge is 2.02. The van der Waals surface area contributed by atoms with Gasteiger partial charge < -0.3 is 10.1 Å². The van der Waals surface area contributed by atoms with Crippen molar-refractivity contribution in [1.29, 1.82) is 0 Å². The summed E-state index contributed by atoms with van der Waals surface area (Å²) in [6.07, 6.45) is 1.00. The van der Waals surface area contributed by atoms with E-state index in [0.717, 1.165) is 31.2 Å². The minimum absolute atomic E-state index is 0.421. The normalized spacial score (nSPS) is 13.0. The summed E-state index contributed by atoms with van der Waals surface area (Å²) in [5.74, 6) is 0. The molecule has 15 heavy (non-hydrogen) atoms. The molecule has 1 unspecified atom stereocenters. The minimum Gasteiger partial charge on any atom is -0.380 e. The summed E-state index contributed by atoms with van der Waals surface area (Å²) in [6.45, 7) is 8.74. The van der Waals surface area contributed by atoms with Gasteiger partial charge in [-0.2, -0.15) is 0 Å². The van der Waals surface area contributed by atoms with Crippen LogP contribution < -0.4 is 5.32 Å². The van der Waals surface area contributed by atoms with Crippen LogP contribution in [0.5, 0.6) is 0 Å². The topological polar surface area (TPSA) is 34.1 Å². The zero-order chi connectivity index (χ0) is 11.1. The average molecular weight is 228 g/mol. The van der Waals surface area contributed by atoms with E-state index < -0.39 is 0 Å². The van der Waals surface area contributed by atoms with Gasteiger partial charge in [0.25, 0.3) is 0 Å². The van der Waals surface area contributed by atoms with Gasteiger partial charge in [-0.1, -0.05) is 0 Å². The third-order valence-corrected chi connectivity index (χ3v) is 2.93. The van der Waals surface area contributed by atoms with Crippen molar-refractivity contribution in [1.82, 2.24) is 10.3 Å². The first-order chi connectivity index (χ1) is 7.22. The second-order valence-corrected chi connectivity index (χ2v) is 4.68. The van der Waals surface area contributed by atoms with E-state index in [0.29, 0.717) is 6.04 Å². The summed E-state index contributed by atoms with van der Waals surface area (Å²) < 4.78 is 5.33. The SMILES string of the molecule is CCOCC(C)NCCc1csc(C)n1. The van der Waals surface area contributed by atoms with Gasteiger partial charge in [-0.15, -0.1) is 11.3 Å². The zero-order valence-corrected chi connectivity index (χ0v) is 10.6. The maximum Gasteiger partial charge on any atom is 0.0897 e. The van der Waals surface area contributed by atoms with Crippen LogP contribution in [-0.4, -0.2) is 30.8 Å². The number of aryl methyl sites for hydroxylation is 1. The lowest BCUT2D eigenvalue weighted by molar-refractivity contribution is 0.127. The van der Waals surface area contributed by atoms with Crippen LogP contribution in [0.1, 0.15) is 24.5 Å². The summed E-state index contributed by atoms with van der Waals surface area (Å²) in [4.78, 5) is 4.42. The Labute approximate surface area is 95.9 Å². The first kappa shape index (κ1) is 12.6. The molecule has 4 heteroatoms. The third-order valence-electron chi connectivity index (χ3n) is 2.11. The number of nitrogens with one attached hydrogen (secondary N) is 1. The number of hydrogen-bond acceptors (Lipinski definition) is 4. The molecule has 0 fully saturated rings. The van der Waals surface area contributed by atoms with E-state index >= 15 is 0 Å². The van der Waals surface area contributed by atoms with Gasteiger partial charge in [0.2, 0.25) is 0 Å². The van der Waals surface area contributed by atoms with E-state index in [1.165, 1.54) is 5.69 Å². The summed E-state index contributed by atoms with van der Waals surface area (Å²) in [5.41, 5.74) is 1.19. The molecule has 0 bridgehead atoms. The Bertz CT molecular complexity index is 275. The fourth-order valence-corrected chi connectivity index (χ4v) is 1.97. The minimum atomic E-state index is 0.421. The molecule has 0 spiro atoms. The average Bonchev–Trinajstić information content (AvgIpc) is 2.61. The zero-order valence-electron chi connectivity index (χ0n) is 9.75. The molecule has 1 aromatic rings. The first-order valence-electron chi connectivity index (χ1n) is 5.44. The number of nitrogens with zero attached hydrogens (tertiary/aromatic N) is 1. The molecule has 0 amide bonds. The number of ether oxygens (including phenoxy) is 1. The van der Waals surface area contributed by atoms with Crippen LogP contribution >= 0.6 is 11.3 Å². The predicted molar refractivity (Wildman–Crippen MR) is 64.5 cm³/mol. The molecule has 0 radical (unpaired) electrons. The second kappa shape index (κ2) is 6.93. The van der Waals surface area contributed by atoms with E-state index in [9.17, 15) is 0 Å². The van der Waals surface area contributed by atoms with E-state index in [1.807, 2.05) is 13.8 Å². The van der Waals surface area contributed by atoms with Gasteiger partial charge in [0.05, 0.1) is 17.3 Å². The number of hydrogen-bond donors (Lipinski definition) is 1. The predicted octanol–water partition coefficient (Wildman–Crippen LogP) is 2.01. The molecule has 0 aliphatic rings. The molecule has 0 aliphatic heterocycles. The van der Waals surface area contributed by atoms with Crippen LogP contribution in [0.4, 0.5) is 0 Å². The molecular formula is C11H20N2OS. The highest BCUT2D eigenvalue weighted by molar-refractivity contribution is 7.09. The summed E-state index contributed by atoms with van der Waals surface area (Å²) >= 11 is 1.71.